The average Bonchev–Trinajstić information content (AvgIpc) is 3.48. The van der Waals surface area contributed by atoms with Gasteiger partial charge in [0.05, 0.1) is 34.1 Å². The van der Waals surface area contributed by atoms with Gasteiger partial charge in [-0.05, 0) is 45.7 Å². The Morgan fingerprint density at radius 3 is 2.48 bits per heavy atom. The summed E-state index contributed by atoms with van der Waals surface area (Å²) in [5, 5.41) is 4.72. The van der Waals surface area contributed by atoms with Gasteiger partial charge in [-0.15, -0.1) is 11.3 Å². The molecule has 1 aliphatic rings. The van der Waals surface area contributed by atoms with Crippen molar-refractivity contribution < 1.29 is 13.2 Å². The first-order valence-corrected chi connectivity index (χ1v) is 12.3. The number of aromatic nitrogens is 3. The number of anilines is 1. The van der Waals surface area contributed by atoms with Crippen LogP contribution in [0.2, 0.25) is 0 Å². The van der Waals surface area contributed by atoms with E-state index in [2.05, 4.69) is 25.0 Å². The number of sulfonamides is 1. The Balaban J connectivity index is 1.45. The highest BCUT2D eigenvalue weighted by Crippen LogP contribution is 2.32. The summed E-state index contributed by atoms with van der Waals surface area (Å²) in [6, 6.07) is 7.14. The van der Waals surface area contributed by atoms with Gasteiger partial charge in [0.1, 0.15) is 0 Å². The predicted molar refractivity (Wildman–Crippen MR) is 120 cm³/mol. The smallest absolute Gasteiger partial charge is 0.252 e. The number of aryl methyl sites for hydroxylation is 1. The molecule has 2 heterocycles. The molecule has 0 aliphatic heterocycles. The molecule has 3 aromatic rings. The number of amides is 1. The zero-order valence-electron chi connectivity index (χ0n) is 17.4. The molecule has 1 aliphatic carbocycles. The molecule has 2 aromatic heterocycles. The molecule has 10 heteroatoms. The van der Waals surface area contributed by atoms with Crippen LogP contribution in [0, 0.1) is 6.92 Å². The molecule has 1 saturated carbocycles. The number of benzene rings is 1. The van der Waals surface area contributed by atoms with Crippen LogP contribution in [0.4, 0.5) is 5.13 Å². The van der Waals surface area contributed by atoms with Gasteiger partial charge in [0, 0.05) is 22.7 Å². The topological polar surface area (TPSA) is 114 Å². The Bertz CT molecular complexity index is 1220. The van der Waals surface area contributed by atoms with Crippen molar-refractivity contribution in [2.24, 2.45) is 0 Å². The summed E-state index contributed by atoms with van der Waals surface area (Å²) in [7, 11) is -3.37. The fourth-order valence-electron chi connectivity index (χ4n) is 3.01. The molecule has 162 valence electrons. The molecule has 0 atom stereocenters. The molecule has 2 N–H and O–H groups in total. The molecule has 1 aromatic carbocycles. The molecule has 1 amide bonds. The highest BCUT2D eigenvalue weighted by molar-refractivity contribution is 7.93. The third-order valence-corrected chi connectivity index (χ3v) is 7.68. The lowest BCUT2D eigenvalue weighted by atomic mass is 10.0. The maximum Gasteiger partial charge on any atom is 0.252 e. The summed E-state index contributed by atoms with van der Waals surface area (Å²) in [5.41, 5.74) is 2.75. The number of thiazole rings is 1. The standard InChI is InChI=1S/C21H23N5O3S2/c1-13-10-22-11-17(23-13)14-4-6-15(7-5-14)19(27)25-21(2,3)18-12-30-20(24-18)26-31(28,29)16-8-9-16/h4-7,10-12,16H,8-9H2,1-3H3,(H,24,26)(H,25,27). The summed E-state index contributed by atoms with van der Waals surface area (Å²) >= 11 is 1.21. The van der Waals surface area contributed by atoms with Gasteiger partial charge >= 0.3 is 0 Å². The fraction of sp³-hybridized carbons (Fsp3) is 0.333. The van der Waals surface area contributed by atoms with E-state index in [-0.39, 0.29) is 11.2 Å². The minimum atomic E-state index is -3.37. The van der Waals surface area contributed by atoms with Crippen molar-refractivity contribution in [3.63, 3.8) is 0 Å². The summed E-state index contributed by atoms with van der Waals surface area (Å²) in [5.74, 6) is -0.250. The minimum absolute atomic E-state index is 0.250. The van der Waals surface area contributed by atoms with Gasteiger partial charge in [-0.2, -0.15) is 0 Å². The van der Waals surface area contributed by atoms with Crippen molar-refractivity contribution in [1.82, 2.24) is 20.3 Å². The largest absolute Gasteiger partial charge is 0.341 e. The number of hydrogen-bond acceptors (Lipinski definition) is 7. The molecule has 8 nitrogen and oxygen atoms in total. The van der Waals surface area contributed by atoms with E-state index >= 15 is 0 Å². The molecule has 0 saturated heterocycles. The number of carbonyl (C=O) groups excluding carboxylic acids is 1. The van der Waals surface area contributed by atoms with E-state index in [4.69, 9.17) is 0 Å². The maximum absolute atomic E-state index is 12.8. The second-order valence-electron chi connectivity index (χ2n) is 8.09. The SMILES string of the molecule is Cc1cncc(-c2ccc(C(=O)NC(C)(C)c3csc(NS(=O)(=O)C4CC4)n3)cc2)n1. The number of carbonyl (C=O) groups is 1. The van der Waals surface area contributed by atoms with Gasteiger partial charge in [0.2, 0.25) is 10.0 Å². The first kappa shape index (κ1) is 21.4. The van der Waals surface area contributed by atoms with E-state index in [9.17, 15) is 13.2 Å². The van der Waals surface area contributed by atoms with Gasteiger partial charge in [0.25, 0.3) is 5.91 Å². The number of nitrogens with one attached hydrogen (secondary N) is 2. The maximum atomic E-state index is 12.8. The van der Waals surface area contributed by atoms with E-state index in [1.54, 1.807) is 29.9 Å². The Labute approximate surface area is 185 Å². The van der Waals surface area contributed by atoms with Crippen LogP contribution in [0.15, 0.2) is 42.0 Å². The van der Waals surface area contributed by atoms with Gasteiger partial charge in [0.15, 0.2) is 5.13 Å². The second-order valence-corrected chi connectivity index (χ2v) is 10.9. The number of hydrogen-bond donors (Lipinski definition) is 2. The van der Waals surface area contributed by atoms with Gasteiger partial charge in [-0.3, -0.25) is 14.5 Å². The van der Waals surface area contributed by atoms with Crippen LogP contribution in [-0.2, 0) is 15.6 Å². The van der Waals surface area contributed by atoms with Crippen molar-refractivity contribution in [2.45, 2.75) is 44.4 Å². The molecular formula is C21H23N5O3S2. The van der Waals surface area contributed by atoms with Crippen LogP contribution >= 0.6 is 11.3 Å². The Hall–Kier alpha value is -2.85. The number of nitrogens with zero attached hydrogens (tertiary/aromatic N) is 3. The summed E-state index contributed by atoms with van der Waals surface area (Å²) < 4.78 is 26.8. The van der Waals surface area contributed by atoms with Crippen molar-refractivity contribution >= 4 is 32.4 Å². The van der Waals surface area contributed by atoms with Crippen LogP contribution in [-0.4, -0.2) is 34.5 Å². The van der Waals surface area contributed by atoms with Gasteiger partial charge < -0.3 is 5.32 Å². The summed E-state index contributed by atoms with van der Waals surface area (Å²) in [6.45, 7) is 5.53. The highest BCUT2D eigenvalue weighted by Gasteiger charge is 2.36. The van der Waals surface area contributed by atoms with Crippen molar-refractivity contribution in [1.29, 1.82) is 0 Å². The van der Waals surface area contributed by atoms with Crippen LogP contribution in [0.25, 0.3) is 11.3 Å². The van der Waals surface area contributed by atoms with Crippen molar-refractivity contribution in [3.05, 3.63) is 59.0 Å². The first-order chi connectivity index (χ1) is 14.6. The predicted octanol–water partition coefficient (Wildman–Crippen LogP) is 3.48. The molecule has 0 bridgehead atoms. The van der Waals surface area contributed by atoms with E-state index in [1.807, 2.05) is 32.9 Å². The molecule has 0 radical (unpaired) electrons. The Kier molecular flexibility index (Phi) is 5.52. The van der Waals surface area contributed by atoms with Crippen LogP contribution in [0.5, 0.6) is 0 Å². The molecule has 31 heavy (non-hydrogen) atoms. The van der Waals surface area contributed by atoms with Crippen LogP contribution in [0.3, 0.4) is 0 Å². The quantitative estimate of drug-likeness (QED) is 0.561. The molecule has 0 spiro atoms. The monoisotopic (exact) mass is 457 g/mol. The van der Waals surface area contributed by atoms with Gasteiger partial charge in [-0.1, -0.05) is 12.1 Å². The van der Waals surface area contributed by atoms with E-state index in [0.717, 1.165) is 17.0 Å². The summed E-state index contributed by atoms with van der Waals surface area (Å²) in [6.07, 6.45) is 4.74. The fourth-order valence-corrected chi connectivity index (χ4v) is 5.48. The van der Waals surface area contributed by atoms with E-state index < -0.39 is 15.6 Å². The lowest BCUT2D eigenvalue weighted by molar-refractivity contribution is 0.0910. The van der Waals surface area contributed by atoms with E-state index in [0.29, 0.717) is 29.2 Å². The first-order valence-electron chi connectivity index (χ1n) is 9.83. The third kappa shape index (κ3) is 4.91. The minimum Gasteiger partial charge on any atom is -0.341 e. The molecule has 4 rings (SSSR count). The summed E-state index contributed by atoms with van der Waals surface area (Å²) in [4.78, 5) is 25.8. The Morgan fingerprint density at radius 2 is 1.84 bits per heavy atom. The zero-order chi connectivity index (χ0) is 22.2. The molecule has 0 unspecified atom stereocenters. The molecular weight excluding hydrogens is 434 g/mol. The third-order valence-electron chi connectivity index (χ3n) is 4.96. The normalized spacial score (nSPS) is 14.3. The lowest BCUT2D eigenvalue weighted by Gasteiger charge is -2.24. The average molecular weight is 458 g/mol. The second kappa shape index (κ2) is 8.01. The Morgan fingerprint density at radius 1 is 1.13 bits per heavy atom. The number of rotatable bonds is 7. The zero-order valence-corrected chi connectivity index (χ0v) is 19.0. The van der Waals surface area contributed by atoms with Crippen molar-refractivity contribution in [3.8, 4) is 11.3 Å². The van der Waals surface area contributed by atoms with Crippen LogP contribution in [0.1, 0.15) is 48.4 Å². The van der Waals surface area contributed by atoms with Crippen molar-refractivity contribution in [2.75, 3.05) is 4.72 Å². The van der Waals surface area contributed by atoms with E-state index in [1.165, 1.54) is 11.3 Å². The molecule has 1 fully saturated rings. The highest BCUT2D eigenvalue weighted by atomic mass is 32.2. The van der Waals surface area contributed by atoms with Gasteiger partial charge in [-0.25, -0.2) is 18.4 Å². The lowest BCUT2D eigenvalue weighted by Crippen LogP contribution is -2.41. The van der Waals surface area contributed by atoms with Crippen LogP contribution < -0.4 is 10.0 Å².